The minimum atomic E-state index is -3.02. The Hall–Kier alpha value is 0.160. The lowest BCUT2D eigenvalue weighted by atomic mass is 10.2. The first-order valence-electron chi connectivity index (χ1n) is 2.65. The Morgan fingerprint density at radius 2 is 1.90 bits per heavy atom. The van der Waals surface area contributed by atoms with Crippen LogP contribution in [0, 0.1) is 0 Å². The topological polar surface area (TPSA) is 80.4 Å². The zero-order valence-corrected chi connectivity index (χ0v) is 6.86. The Bertz CT molecular complexity index is 187. The van der Waals surface area contributed by atoms with Gasteiger partial charge in [-0.3, -0.25) is 0 Å². The zero-order valence-electron chi connectivity index (χ0n) is 5.23. The SMILES string of the molecule is Cl.N[C@@H]1CS(=O)(=O)C[C@H]1O. The molecule has 0 aromatic carbocycles. The van der Waals surface area contributed by atoms with Gasteiger partial charge in [0.25, 0.3) is 0 Å². The van der Waals surface area contributed by atoms with E-state index in [2.05, 4.69) is 0 Å². The predicted molar refractivity (Wildman–Crippen MR) is 39.9 cm³/mol. The smallest absolute Gasteiger partial charge is 0.154 e. The van der Waals surface area contributed by atoms with Crippen molar-refractivity contribution in [2.45, 2.75) is 12.1 Å². The summed E-state index contributed by atoms with van der Waals surface area (Å²) in [6.07, 6.45) is -0.852. The van der Waals surface area contributed by atoms with E-state index < -0.39 is 22.0 Å². The molecule has 0 radical (unpaired) electrons. The van der Waals surface area contributed by atoms with Gasteiger partial charge in [-0.15, -0.1) is 12.4 Å². The summed E-state index contributed by atoms with van der Waals surface area (Å²) in [4.78, 5) is 0. The van der Waals surface area contributed by atoms with Crippen LogP contribution in [0.15, 0.2) is 0 Å². The highest BCUT2D eigenvalue weighted by molar-refractivity contribution is 7.91. The Morgan fingerprint density at radius 1 is 1.40 bits per heavy atom. The first kappa shape index (κ1) is 10.2. The highest BCUT2D eigenvalue weighted by atomic mass is 35.5. The molecule has 1 saturated heterocycles. The molecule has 62 valence electrons. The van der Waals surface area contributed by atoms with Gasteiger partial charge in [0.15, 0.2) is 9.84 Å². The Balaban J connectivity index is 0.000000810. The van der Waals surface area contributed by atoms with Crippen LogP contribution in [0.1, 0.15) is 0 Å². The summed E-state index contributed by atoms with van der Waals surface area (Å²) < 4.78 is 21.2. The molecule has 10 heavy (non-hydrogen) atoms. The van der Waals surface area contributed by atoms with Crippen molar-refractivity contribution >= 4 is 22.2 Å². The number of hydrogen-bond donors (Lipinski definition) is 2. The van der Waals surface area contributed by atoms with Gasteiger partial charge in [-0.25, -0.2) is 8.42 Å². The molecule has 0 bridgehead atoms. The van der Waals surface area contributed by atoms with E-state index in [9.17, 15) is 8.42 Å². The van der Waals surface area contributed by atoms with Crippen LogP contribution in [0.3, 0.4) is 0 Å². The van der Waals surface area contributed by atoms with E-state index in [1.165, 1.54) is 0 Å². The van der Waals surface area contributed by atoms with Gasteiger partial charge in [0.1, 0.15) is 0 Å². The van der Waals surface area contributed by atoms with Gasteiger partial charge in [-0.1, -0.05) is 0 Å². The molecule has 0 aliphatic carbocycles. The molecule has 1 fully saturated rings. The first-order chi connectivity index (χ1) is 4.01. The summed E-state index contributed by atoms with van der Waals surface area (Å²) in [5.41, 5.74) is 5.22. The summed E-state index contributed by atoms with van der Waals surface area (Å²) in [7, 11) is -3.02. The summed E-state index contributed by atoms with van der Waals surface area (Å²) in [6, 6.07) is -0.574. The molecular formula is C4H10ClNO3S. The molecule has 0 saturated carbocycles. The van der Waals surface area contributed by atoms with E-state index in [0.29, 0.717) is 0 Å². The van der Waals surface area contributed by atoms with E-state index in [-0.39, 0.29) is 23.9 Å². The molecule has 0 spiro atoms. The van der Waals surface area contributed by atoms with E-state index >= 15 is 0 Å². The molecule has 2 atom stereocenters. The van der Waals surface area contributed by atoms with Gasteiger partial charge in [0, 0.05) is 6.04 Å². The summed E-state index contributed by atoms with van der Waals surface area (Å²) in [6.45, 7) is 0. The Kier molecular flexibility index (Phi) is 3.09. The number of hydrogen-bond acceptors (Lipinski definition) is 4. The first-order valence-corrected chi connectivity index (χ1v) is 4.47. The second-order valence-electron chi connectivity index (χ2n) is 2.31. The second-order valence-corrected chi connectivity index (χ2v) is 4.46. The fourth-order valence-corrected chi connectivity index (χ4v) is 2.57. The average molecular weight is 188 g/mol. The normalized spacial score (nSPS) is 37.0. The summed E-state index contributed by atoms with van der Waals surface area (Å²) >= 11 is 0. The standard InChI is InChI=1S/C4H9NO3S.ClH/c5-3-1-9(7,8)2-4(3)6;/h3-4,6H,1-2,5H2;1H/t3-,4-;/m1./s1. The van der Waals surface area contributed by atoms with Crippen LogP contribution in [0.25, 0.3) is 0 Å². The molecule has 0 unspecified atom stereocenters. The lowest BCUT2D eigenvalue weighted by Gasteiger charge is -2.02. The van der Waals surface area contributed by atoms with Gasteiger partial charge in [0.2, 0.25) is 0 Å². The predicted octanol–water partition coefficient (Wildman–Crippen LogP) is -1.48. The van der Waals surface area contributed by atoms with Gasteiger partial charge in [-0.2, -0.15) is 0 Å². The van der Waals surface area contributed by atoms with E-state index in [0.717, 1.165) is 0 Å². The van der Waals surface area contributed by atoms with Crippen LogP contribution >= 0.6 is 12.4 Å². The van der Waals surface area contributed by atoms with E-state index in [4.69, 9.17) is 10.8 Å². The van der Waals surface area contributed by atoms with Gasteiger partial charge in [-0.05, 0) is 0 Å². The van der Waals surface area contributed by atoms with E-state index in [1.807, 2.05) is 0 Å². The van der Waals surface area contributed by atoms with Crippen LogP contribution in [0.4, 0.5) is 0 Å². The molecule has 0 aromatic heterocycles. The molecule has 0 aromatic rings. The van der Waals surface area contributed by atoms with Crippen LogP contribution < -0.4 is 5.73 Å². The Labute approximate surface area is 65.7 Å². The molecule has 1 heterocycles. The molecule has 3 N–H and O–H groups in total. The van der Waals surface area contributed by atoms with Gasteiger partial charge in [0.05, 0.1) is 17.6 Å². The van der Waals surface area contributed by atoms with Crippen molar-refractivity contribution < 1.29 is 13.5 Å². The van der Waals surface area contributed by atoms with Crippen LogP contribution in [-0.2, 0) is 9.84 Å². The maximum atomic E-state index is 10.6. The largest absolute Gasteiger partial charge is 0.390 e. The molecule has 4 nitrogen and oxygen atoms in total. The third-order valence-electron chi connectivity index (χ3n) is 1.37. The third-order valence-corrected chi connectivity index (χ3v) is 3.11. The number of aliphatic hydroxyl groups is 1. The number of aliphatic hydroxyl groups excluding tert-OH is 1. The van der Waals surface area contributed by atoms with Crippen molar-refractivity contribution in [3.8, 4) is 0 Å². The van der Waals surface area contributed by atoms with Crippen molar-refractivity contribution in [3.05, 3.63) is 0 Å². The molecule has 0 amide bonds. The van der Waals surface area contributed by atoms with Crippen LogP contribution in [0.2, 0.25) is 0 Å². The zero-order chi connectivity index (χ0) is 7.07. The number of rotatable bonds is 0. The highest BCUT2D eigenvalue weighted by Gasteiger charge is 2.33. The number of sulfone groups is 1. The van der Waals surface area contributed by atoms with Crippen molar-refractivity contribution in [3.63, 3.8) is 0 Å². The van der Waals surface area contributed by atoms with Gasteiger partial charge < -0.3 is 10.8 Å². The summed E-state index contributed by atoms with van der Waals surface area (Å²) in [5.74, 6) is -0.248. The minimum Gasteiger partial charge on any atom is -0.390 e. The Morgan fingerprint density at radius 3 is 2.00 bits per heavy atom. The minimum absolute atomic E-state index is 0. The van der Waals surface area contributed by atoms with Crippen LogP contribution in [0.5, 0.6) is 0 Å². The lowest BCUT2D eigenvalue weighted by molar-refractivity contribution is 0.183. The molecule has 6 heteroatoms. The van der Waals surface area contributed by atoms with Gasteiger partial charge >= 0.3 is 0 Å². The van der Waals surface area contributed by atoms with Crippen molar-refractivity contribution in [2.75, 3.05) is 11.5 Å². The maximum absolute atomic E-state index is 10.6. The number of nitrogens with two attached hydrogens (primary N) is 1. The third kappa shape index (κ3) is 2.09. The quantitative estimate of drug-likeness (QED) is 0.485. The fourth-order valence-electron chi connectivity index (χ4n) is 0.856. The molecular weight excluding hydrogens is 178 g/mol. The lowest BCUT2D eigenvalue weighted by Crippen LogP contribution is -2.32. The molecule has 1 rings (SSSR count). The summed E-state index contributed by atoms with van der Waals surface area (Å²) in [5, 5.41) is 8.83. The van der Waals surface area contributed by atoms with Crippen molar-refractivity contribution in [2.24, 2.45) is 5.73 Å². The van der Waals surface area contributed by atoms with Crippen LogP contribution in [-0.4, -0.2) is 37.2 Å². The fraction of sp³-hybridized carbons (Fsp3) is 1.00. The molecule has 1 aliphatic rings. The maximum Gasteiger partial charge on any atom is 0.154 e. The van der Waals surface area contributed by atoms with Crippen molar-refractivity contribution in [1.29, 1.82) is 0 Å². The monoisotopic (exact) mass is 187 g/mol. The van der Waals surface area contributed by atoms with E-state index in [1.54, 1.807) is 0 Å². The highest BCUT2D eigenvalue weighted by Crippen LogP contribution is 2.09. The second kappa shape index (κ2) is 3.04. The number of halogens is 1. The van der Waals surface area contributed by atoms with Crippen molar-refractivity contribution in [1.82, 2.24) is 0 Å². The average Bonchev–Trinajstić information content (AvgIpc) is 1.79. The molecule has 1 aliphatic heterocycles.